The highest BCUT2D eigenvalue weighted by Gasteiger charge is 2.48. The van der Waals surface area contributed by atoms with Crippen LogP contribution in [0.5, 0.6) is 0 Å². The van der Waals surface area contributed by atoms with Crippen molar-refractivity contribution in [2.75, 3.05) is 0 Å². The summed E-state index contributed by atoms with van der Waals surface area (Å²) in [5, 5.41) is 0. The highest BCUT2D eigenvalue weighted by Crippen LogP contribution is 2.28. The minimum absolute atomic E-state index is 0.166. The van der Waals surface area contributed by atoms with Crippen LogP contribution in [0.3, 0.4) is 0 Å². The largest absolute Gasteiger partial charge is 0.511 e. The lowest BCUT2D eigenvalue weighted by atomic mass is 9.96. The molecule has 0 unspecified atom stereocenters. The Hall–Kier alpha value is 0.380. The van der Waals surface area contributed by atoms with Crippen molar-refractivity contribution < 1.29 is 21.6 Å². The average Bonchev–Trinajstić information content (AvgIpc) is 2.20. The first-order valence-electron chi connectivity index (χ1n) is 5.80. The molecule has 1 aromatic carbocycles. The summed E-state index contributed by atoms with van der Waals surface area (Å²) in [5.74, 6) is 0. The van der Waals surface area contributed by atoms with Gasteiger partial charge in [0.25, 0.3) is 0 Å². The van der Waals surface area contributed by atoms with Gasteiger partial charge in [-0.1, -0.05) is 0 Å². The van der Waals surface area contributed by atoms with Crippen LogP contribution in [0.4, 0.5) is 13.2 Å². The molecular weight excluding hydrogens is 533 g/mol. The van der Waals surface area contributed by atoms with E-state index < -0.39 is 21.1 Å². The molecule has 9 heteroatoms. The highest BCUT2D eigenvalue weighted by molar-refractivity contribution is 14.1. The van der Waals surface area contributed by atoms with Crippen molar-refractivity contribution in [2.45, 2.75) is 38.2 Å². The summed E-state index contributed by atoms with van der Waals surface area (Å²) in [6, 6.07) is 3.82. The summed E-state index contributed by atoms with van der Waals surface area (Å²) >= 11 is 4.20. The summed E-state index contributed by atoms with van der Waals surface area (Å²) in [5.41, 5.74) is -4.68. The van der Waals surface area contributed by atoms with Gasteiger partial charge in [0.1, 0.15) is 0 Å². The molecule has 0 spiro atoms. The van der Waals surface area contributed by atoms with Crippen molar-refractivity contribution in [1.82, 2.24) is 4.72 Å². The first kappa shape index (κ1) is 19.4. The van der Waals surface area contributed by atoms with Crippen molar-refractivity contribution in [3.8, 4) is 0 Å². The molecule has 0 fully saturated rings. The van der Waals surface area contributed by atoms with Crippen LogP contribution in [0.2, 0.25) is 0 Å². The lowest BCUT2D eigenvalue weighted by molar-refractivity contribution is -0.0455. The molecule has 0 aromatic heterocycles. The number of benzene rings is 1. The summed E-state index contributed by atoms with van der Waals surface area (Å²) in [6.07, 6.45) is 0.166. The smallest absolute Gasteiger partial charge is 0.203 e. The molecule has 0 atom stereocenters. The maximum absolute atomic E-state index is 12.5. The van der Waals surface area contributed by atoms with Gasteiger partial charge in [-0.05, 0) is 95.6 Å². The minimum Gasteiger partial charge on any atom is -0.203 e. The summed E-state index contributed by atoms with van der Waals surface area (Å²) in [4.78, 5) is 0. The van der Waals surface area contributed by atoms with Crippen molar-refractivity contribution in [2.24, 2.45) is 0 Å². The lowest BCUT2D eigenvalue weighted by Crippen LogP contribution is -2.50. The van der Waals surface area contributed by atoms with E-state index in [0.29, 0.717) is 0 Å². The van der Waals surface area contributed by atoms with Crippen LogP contribution in [0, 0.1) is 14.1 Å². The van der Waals surface area contributed by atoms with E-state index in [0.717, 1.165) is 18.3 Å². The van der Waals surface area contributed by atoms with Gasteiger partial charge in [0.2, 0.25) is 0 Å². The van der Waals surface area contributed by atoms with Gasteiger partial charge in [0.15, 0.2) is 0 Å². The summed E-state index contributed by atoms with van der Waals surface area (Å²) in [6.45, 7) is 4.79. The number of alkyl halides is 3. The summed E-state index contributed by atoms with van der Waals surface area (Å²) < 4.78 is 63.4. The van der Waals surface area contributed by atoms with Gasteiger partial charge in [0.05, 0.1) is 0 Å². The predicted molar refractivity (Wildman–Crippen MR) is 92.5 cm³/mol. The second-order valence-electron chi connectivity index (χ2n) is 5.32. The molecule has 1 rings (SSSR count). The maximum Gasteiger partial charge on any atom is 0.511 e. The van der Waals surface area contributed by atoms with Gasteiger partial charge in [-0.3, -0.25) is 0 Å². The lowest BCUT2D eigenvalue weighted by Gasteiger charge is -2.27. The Morgan fingerprint density at radius 2 is 1.57 bits per heavy atom. The Morgan fingerprint density at radius 3 is 1.95 bits per heavy atom. The van der Waals surface area contributed by atoms with E-state index in [2.05, 4.69) is 45.2 Å². The van der Waals surface area contributed by atoms with Gasteiger partial charge in [0, 0.05) is 12.7 Å². The molecule has 0 saturated heterocycles. The maximum atomic E-state index is 12.5. The fourth-order valence-electron chi connectivity index (χ4n) is 1.80. The minimum atomic E-state index is -5.36. The molecular formula is C12H14F3I2NO2S. The Kier molecular flexibility index (Phi) is 5.99. The Morgan fingerprint density at radius 1 is 1.14 bits per heavy atom. The van der Waals surface area contributed by atoms with Crippen LogP contribution in [-0.4, -0.2) is 19.5 Å². The van der Waals surface area contributed by atoms with Crippen LogP contribution >= 0.6 is 45.2 Å². The molecule has 1 aromatic rings. The average molecular weight is 547 g/mol. The number of rotatable bonds is 4. The van der Waals surface area contributed by atoms with Crippen LogP contribution in [0.25, 0.3) is 0 Å². The van der Waals surface area contributed by atoms with E-state index in [9.17, 15) is 21.6 Å². The molecule has 1 N–H and O–H groups in total. The molecule has 0 aliphatic carbocycles. The third-order valence-electron chi connectivity index (χ3n) is 2.62. The van der Waals surface area contributed by atoms with Gasteiger partial charge in [-0.15, -0.1) is 0 Å². The number of aryl methyl sites for hydroxylation is 1. The van der Waals surface area contributed by atoms with Crippen molar-refractivity contribution >= 4 is 55.2 Å². The number of hydrogen-bond donors (Lipinski definition) is 1. The molecule has 0 heterocycles. The first-order valence-corrected chi connectivity index (χ1v) is 9.44. The van der Waals surface area contributed by atoms with Crippen molar-refractivity contribution in [1.29, 1.82) is 0 Å². The standard InChI is InChI=1S/C12H14F3I2NO2S/c1-7-4-9(16)8(10(17)5-7)6-11(2,3)18-21(19,20)12(13,14)15/h4-5,18H,6H2,1-3H3. The van der Waals surface area contributed by atoms with Crippen LogP contribution in [0.1, 0.15) is 25.0 Å². The second-order valence-corrected chi connectivity index (χ2v) is 9.32. The predicted octanol–water partition coefficient (Wildman–Crippen LogP) is 3.96. The van der Waals surface area contributed by atoms with E-state index in [1.165, 1.54) is 13.8 Å². The number of hydrogen-bond acceptors (Lipinski definition) is 2. The van der Waals surface area contributed by atoms with E-state index in [1.807, 2.05) is 19.1 Å². The van der Waals surface area contributed by atoms with E-state index in [-0.39, 0.29) is 6.42 Å². The fraction of sp³-hybridized carbons (Fsp3) is 0.500. The Balaban J connectivity index is 3.08. The monoisotopic (exact) mass is 547 g/mol. The normalized spacial score (nSPS) is 13.5. The molecule has 21 heavy (non-hydrogen) atoms. The van der Waals surface area contributed by atoms with Crippen molar-refractivity contribution in [3.63, 3.8) is 0 Å². The van der Waals surface area contributed by atoms with Crippen LogP contribution in [-0.2, 0) is 16.4 Å². The molecule has 0 amide bonds. The number of sulfonamides is 1. The summed E-state index contributed by atoms with van der Waals surface area (Å²) in [7, 11) is -5.36. The van der Waals surface area contributed by atoms with Gasteiger partial charge in [-0.2, -0.15) is 13.2 Å². The number of nitrogens with one attached hydrogen (secondary N) is 1. The number of halogens is 5. The molecule has 3 nitrogen and oxygen atoms in total. The quantitative estimate of drug-likeness (QED) is 0.581. The van der Waals surface area contributed by atoms with E-state index >= 15 is 0 Å². The highest BCUT2D eigenvalue weighted by atomic mass is 127. The first-order chi connectivity index (χ1) is 9.25. The third kappa shape index (κ3) is 5.20. The second kappa shape index (κ2) is 6.48. The molecule has 0 bridgehead atoms. The SMILES string of the molecule is Cc1cc(I)c(CC(C)(C)NS(=O)(=O)C(F)(F)F)c(I)c1. The molecule has 0 saturated carbocycles. The molecule has 0 aliphatic rings. The molecule has 0 radical (unpaired) electrons. The zero-order valence-electron chi connectivity index (χ0n) is 11.5. The van der Waals surface area contributed by atoms with Crippen LogP contribution < -0.4 is 4.72 Å². The third-order valence-corrected chi connectivity index (χ3v) is 5.98. The van der Waals surface area contributed by atoms with E-state index in [1.54, 1.807) is 4.72 Å². The Bertz CT molecular complexity index is 619. The molecule has 120 valence electrons. The van der Waals surface area contributed by atoms with Gasteiger partial charge >= 0.3 is 15.5 Å². The van der Waals surface area contributed by atoms with Gasteiger partial charge < -0.3 is 0 Å². The molecule has 0 aliphatic heterocycles. The fourth-order valence-corrected chi connectivity index (χ4v) is 5.17. The van der Waals surface area contributed by atoms with Gasteiger partial charge in [-0.25, -0.2) is 13.1 Å². The Labute approximate surface area is 149 Å². The zero-order chi connectivity index (χ0) is 16.6. The zero-order valence-corrected chi connectivity index (χ0v) is 16.6. The van der Waals surface area contributed by atoms with Crippen LogP contribution in [0.15, 0.2) is 12.1 Å². The topological polar surface area (TPSA) is 46.2 Å². The van der Waals surface area contributed by atoms with Crippen molar-refractivity contribution in [3.05, 3.63) is 30.4 Å². The van der Waals surface area contributed by atoms with E-state index in [4.69, 9.17) is 0 Å².